The number of likely N-dealkylation sites (N-methyl/N-ethyl adjacent to an activating group) is 1. The SMILES string of the molecule is Cc1cc(CCC(=O)NC(CCCC[N+](C)(C)C)C(=O)OCCN(C)CC(=O)ON2C(=O)CC(C)C2=O)n2c1C=C1C(CCSOOO)=CC(c3ccccc3)=[N+]1[B-]2(F)F. The molecule has 0 bridgehead atoms. The lowest BCUT2D eigenvalue weighted by atomic mass is 9.88. The Bertz CT molecular complexity index is 2040. The summed E-state index contributed by atoms with van der Waals surface area (Å²) < 4.78 is 46.8. The maximum absolute atomic E-state index is 17.0. The second-order valence-electron chi connectivity index (χ2n) is 16.3. The van der Waals surface area contributed by atoms with Gasteiger partial charge in [0.05, 0.1) is 34.2 Å². The van der Waals surface area contributed by atoms with E-state index >= 15 is 8.63 Å². The van der Waals surface area contributed by atoms with Gasteiger partial charge in [0.2, 0.25) is 5.91 Å². The number of hydroxylamine groups is 2. The Hall–Kier alpha value is -4.73. The van der Waals surface area contributed by atoms with E-state index in [2.05, 4.69) is 35.8 Å². The molecule has 2 aromatic rings. The number of carbonyl (C=O) groups is 5. The van der Waals surface area contributed by atoms with Crippen LogP contribution in [0.1, 0.15) is 68.0 Å². The Kier molecular flexibility index (Phi) is 15.6. The highest BCUT2D eigenvalue weighted by Gasteiger charge is 2.54. The Balaban J connectivity index is 1.24. The van der Waals surface area contributed by atoms with Gasteiger partial charge < -0.3 is 37.0 Å². The number of nitrogens with one attached hydrogen (secondary N) is 1. The number of esters is 1. The molecular weight excluding hydrogens is 805 g/mol. The second-order valence-corrected chi connectivity index (χ2v) is 17.1. The molecule has 1 aromatic heterocycles. The number of nitrogens with zero attached hydrogens (tertiary/aromatic N) is 5. The molecule has 1 aromatic carbocycles. The molecule has 3 aliphatic rings. The van der Waals surface area contributed by atoms with E-state index in [4.69, 9.17) is 14.8 Å². The Morgan fingerprint density at radius 3 is 2.52 bits per heavy atom. The van der Waals surface area contributed by atoms with Crippen LogP contribution in [0.15, 0.2) is 53.7 Å². The molecule has 0 spiro atoms. The van der Waals surface area contributed by atoms with Gasteiger partial charge in [-0.1, -0.05) is 30.2 Å². The Morgan fingerprint density at radius 2 is 1.85 bits per heavy atom. The molecule has 2 unspecified atom stereocenters. The van der Waals surface area contributed by atoms with E-state index in [0.29, 0.717) is 61.9 Å². The minimum atomic E-state index is -4.44. The minimum absolute atomic E-state index is 0.0329. The van der Waals surface area contributed by atoms with Gasteiger partial charge in [-0.05, 0) is 75.5 Å². The van der Waals surface area contributed by atoms with Crippen LogP contribution in [0.3, 0.4) is 0 Å². The molecule has 3 aliphatic heterocycles. The number of aromatic nitrogens is 1. The number of carbonyl (C=O) groups excluding carboxylic acids is 5. The number of amides is 3. The number of rotatable bonds is 22. The maximum atomic E-state index is 17.0. The molecule has 60 heavy (non-hydrogen) atoms. The number of allylic oxidation sites excluding steroid dienone is 2. The lowest BCUT2D eigenvalue weighted by molar-refractivity contribution is -0.870. The highest BCUT2D eigenvalue weighted by atomic mass is 32.2. The second kappa shape index (κ2) is 20.2. The summed E-state index contributed by atoms with van der Waals surface area (Å²) >= 11 is 0.842. The molecule has 3 amide bonds. The minimum Gasteiger partial charge on any atom is -0.463 e. The van der Waals surface area contributed by atoms with Crippen LogP contribution in [0.5, 0.6) is 0 Å². The summed E-state index contributed by atoms with van der Waals surface area (Å²) in [4.78, 5) is 69.7. The molecule has 2 N–H and O–H groups in total. The molecule has 1 fully saturated rings. The third-order valence-electron chi connectivity index (χ3n) is 10.5. The third-order valence-corrected chi connectivity index (χ3v) is 11.0. The maximum Gasteiger partial charge on any atom is 0.737 e. The van der Waals surface area contributed by atoms with Gasteiger partial charge in [-0.15, -0.1) is 9.40 Å². The average Bonchev–Trinajstić information content (AvgIpc) is 3.80. The van der Waals surface area contributed by atoms with Crippen molar-refractivity contribution < 1.29 is 65.8 Å². The molecular formula is C40H54BF2N6O10S+. The van der Waals surface area contributed by atoms with Gasteiger partial charge in [0.15, 0.2) is 11.4 Å². The van der Waals surface area contributed by atoms with Crippen molar-refractivity contribution in [1.82, 2.24) is 19.8 Å². The number of unbranched alkanes of at least 4 members (excludes halogenated alkanes) is 1. The molecule has 0 radical (unpaired) electrons. The summed E-state index contributed by atoms with van der Waals surface area (Å²) in [6.45, 7) is -0.603. The smallest absolute Gasteiger partial charge is 0.463 e. The van der Waals surface area contributed by atoms with Crippen molar-refractivity contribution >= 4 is 60.5 Å². The molecule has 2 atom stereocenters. The predicted molar refractivity (Wildman–Crippen MR) is 218 cm³/mol. The van der Waals surface area contributed by atoms with Crippen molar-refractivity contribution in [2.75, 3.05) is 60.2 Å². The summed E-state index contributed by atoms with van der Waals surface area (Å²) in [5.41, 5.74) is 3.15. The third kappa shape index (κ3) is 11.5. The van der Waals surface area contributed by atoms with Crippen molar-refractivity contribution in [1.29, 1.82) is 0 Å². The van der Waals surface area contributed by atoms with E-state index in [1.54, 1.807) is 63.4 Å². The van der Waals surface area contributed by atoms with Gasteiger partial charge in [0, 0.05) is 72.1 Å². The lowest BCUT2D eigenvalue weighted by Gasteiger charge is -2.31. The molecule has 0 saturated carbocycles. The summed E-state index contributed by atoms with van der Waals surface area (Å²) in [6, 6.07) is 9.55. The number of ether oxygens (including phenoxy) is 1. The van der Waals surface area contributed by atoms with Gasteiger partial charge in [0.1, 0.15) is 12.6 Å². The number of aryl methyl sites for hydroxylation is 2. The van der Waals surface area contributed by atoms with Gasteiger partial charge in [-0.2, -0.15) is 0 Å². The van der Waals surface area contributed by atoms with E-state index in [1.165, 1.54) is 4.90 Å². The first-order chi connectivity index (χ1) is 28.4. The van der Waals surface area contributed by atoms with Crippen LogP contribution in [-0.4, -0.2) is 137 Å². The van der Waals surface area contributed by atoms with Gasteiger partial charge >= 0.3 is 18.9 Å². The highest BCUT2D eigenvalue weighted by molar-refractivity contribution is 7.94. The molecule has 20 heteroatoms. The fourth-order valence-corrected chi connectivity index (χ4v) is 7.84. The average molecular weight is 860 g/mol. The number of quaternary nitrogens is 1. The first-order valence-electron chi connectivity index (χ1n) is 19.9. The summed E-state index contributed by atoms with van der Waals surface area (Å²) in [6.07, 6.45) is 5.23. The number of hydrogen-bond donors (Lipinski definition) is 2. The Labute approximate surface area is 352 Å². The molecule has 0 aliphatic carbocycles. The van der Waals surface area contributed by atoms with Crippen LogP contribution in [-0.2, 0) is 49.3 Å². The standard InChI is InChI=1S/C40H53BF2N6O10S/c1-27-22-31(46-33(27)25-35-30(17-21-60-59-58-55)24-34(47(35)41(46,42)43)29-12-8-7-9-13-29)15-16-36(50)44-32(14-10-11-19-49(4,5)6)40(54)56-20-18-45(3)26-38(52)57-48-37(51)23-28(2)39(48)53/h7-9,12-13,22,24-25,28,32H,10-11,14-21,23,26H2,1-6H3,(H-,44,50,55)/p+1. The first kappa shape index (κ1) is 46.3. The fraction of sp³-hybridized carbons (Fsp3) is 0.500. The van der Waals surface area contributed by atoms with Crippen molar-refractivity contribution in [2.45, 2.75) is 64.8 Å². The largest absolute Gasteiger partial charge is 0.737 e. The van der Waals surface area contributed by atoms with Gasteiger partial charge in [0.25, 0.3) is 11.8 Å². The number of benzene rings is 1. The van der Waals surface area contributed by atoms with Gasteiger partial charge in [-0.25, -0.2) is 14.8 Å². The summed E-state index contributed by atoms with van der Waals surface area (Å²) in [5, 5.41) is 15.5. The zero-order valence-corrected chi connectivity index (χ0v) is 35.7. The quantitative estimate of drug-likeness (QED) is 0.0257. The fourth-order valence-electron chi connectivity index (χ4n) is 7.43. The van der Waals surface area contributed by atoms with Crippen LogP contribution in [0.4, 0.5) is 8.63 Å². The van der Waals surface area contributed by atoms with Crippen LogP contribution in [0.2, 0.25) is 0 Å². The highest BCUT2D eigenvalue weighted by Crippen LogP contribution is 2.39. The van der Waals surface area contributed by atoms with E-state index in [-0.39, 0.29) is 51.1 Å². The number of halogens is 2. The monoisotopic (exact) mass is 859 g/mol. The molecule has 1 saturated heterocycles. The van der Waals surface area contributed by atoms with Crippen molar-refractivity contribution in [3.63, 3.8) is 0 Å². The predicted octanol–water partition coefficient (Wildman–Crippen LogP) is 3.90. The zero-order valence-electron chi connectivity index (χ0n) is 34.9. The summed E-state index contributed by atoms with van der Waals surface area (Å²) in [7, 11) is 7.73. The van der Waals surface area contributed by atoms with Crippen molar-refractivity contribution in [3.05, 3.63) is 76.3 Å². The van der Waals surface area contributed by atoms with E-state index in [9.17, 15) is 24.0 Å². The van der Waals surface area contributed by atoms with Crippen LogP contribution < -0.4 is 5.32 Å². The van der Waals surface area contributed by atoms with Crippen molar-refractivity contribution in [2.24, 2.45) is 5.92 Å². The zero-order chi connectivity index (χ0) is 43.8. The molecule has 5 rings (SSSR count). The molecule has 326 valence electrons. The number of imide groups is 1. The summed E-state index contributed by atoms with van der Waals surface area (Å²) in [5.74, 6) is -3.44. The lowest BCUT2D eigenvalue weighted by Crippen LogP contribution is -2.51. The molecule has 4 heterocycles. The normalized spacial score (nSPS) is 17.7. The van der Waals surface area contributed by atoms with Gasteiger partial charge in [-0.3, -0.25) is 19.3 Å². The van der Waals surface area contributed by atoms with Crippen molar-refractivity contribution in [3.8, 4) is 0 Å². The topological polar surface area (TPSA) is 169 Å². The first-order valence-corrected chi connectivity index (χ1v) is 20.8. The van der Waals surface area contributed by atoms with E-state index in [1.807, 2.05) is 6.07 Å². The molecule has 16 nitrogen and oxygen atoms in total. The van der Waals surface area contributed by atoms with Crippen LogP contribution in [0, 0.1) is 12.8 Å². The van der Waals surface area contributed by atoms with E-state index < -0.39 is 48.6 Å². The number of fused-ring (bicyclic) bond motifs is 2. The van der Waals surface area contributed by atoms with Crippen LogP contribution >= 0.6 is 12.0 Å². The van der Waals surface area contributed by atoms with Crippen LogP contribution in [0.25, 0.3) is 6.08 Å². The number of hydrogen-bond acceptors (Lipinski definition) is 12. The van der Waals surface area contributed by atoms with E-state index in [0.717, 1.165) is 34.0 Å². The Morgan fingerprint density at radius 1 is 1.12 bits per heavy atom.